The number of aryl methyl sites for hydroxylation is 1. The van der Waals surface area contributed by atoms with Gasteiger partial charge in [-0.15, -0.1) is 0 Å². The number of hydrogen-bond acceptors (Lipinski definition) is 6. The van der Waals surface area contributed by atoms with E-state index in [4.69, 9.17) is 16.3 Å². The van der Waals surface area contributed by atoms with Crippen molar-refractivity contribution in [3.05, 3.63) is 53.3 Å². The topological polar surface area (TPSA) is 107 Å². The number of nitrogens with one attached hydrogen (secondary N) is 2. The zero-order valence-corrected chi connectivity index (χ0v) is 15.7. The lowest BCUT2D eigenvalue weighted by Crippen LogP contribution is -2.32. The highest BCUT2D eigenvalue weighted by Crippen LogP contribution is 2.30. The van der Waals surface area contributed by atoms with Crippen molar-refractivity contribution in [1.82, 2.24) is 30.0 Å². The van der Waals surface area contributed by atoms with Crippen molar-refractivity contribution in [3.63, 3.8) is 0 Å². The molecule has 0 saturated heterocycles. The van der Waals surface area contributed by atoms with E-state index in [-0.39, 0.29) is 0 Å². The Morgan fingerprint density at radius 1 is 1.26 bits per heavy atom. The fraction of sp³-hybridized carbons (Fsp3) is 0.235. The predicted octanol–water partition coefficient (Wildman–Crippen LogP) is 2.91. The normalized spacial score (nSPS) is 11.7. The van der Waals surface area contributed by atoms with Gasteiger partial charge in [-0.2, -0.15) is 9.78 Å². The highest BCUT2D eigenvalue weighted by Gasteiger charge is 2.18. The van der Waals surface area contributed by atoms with E-state index in [1.54, 1.807) is 44.6 Å². The molecule has 0 aliphatic rings. The third-order valence-corrected chi connectivity index (χ3v) is 4.10. The number of nitrogens with zero attached hydrogens (tertiary/aromatic N) is 5. The number of benzene rings is 1. The van der Waals surface area contributed by atoms with E-state index in [9.17, 15) is 4.79 Å². The zero-order valence-electron chi connectivity index (χ0n) is 15.0. The molecule has 1 atom stereocenters. The number of halogens is 1. The molecule has 10 heteroatoms. The Morgan fingerprint density at radius 3 is 2.70 bits per heavy atom. The maximum atomic E-state index is 12.4. The first-order valence-electron chi connectivity index (χ1n) is 8.08. The summed E-state index contributed by atoms with van der Waals surface area (Å²) < 4.78 is 6.68. The Balaban J connectivity index is 1.72. The Labute approximate surface area is 160 Å². The molecule has 0 fully saturated rings. The van der Waals surface area contributed by atoms with Gasteiger partial charge in [-0.3, -0.25) is 0 Å². The van der Waals surface area contributed by atoms with Crippen LogP contribution in [0.5, 0.6) is 5.75 Å². The first kappa shape index (κ1) is 18.6. The number of methoxy groups -OCH3 is 1. The van der Waals surface area contributed by atoms with Crippen LogP contribution in [0.4, 0.5) is 10.5 Å². The van der Waals surface area contributed by atoms with E-state index in [0.717, 1.165) is 5.56 Å². The molecule has 0 aliphatic carbocycles. The molecule has 0 unspecified atom stereocenters. The van der Waals surface area contributed by atoms with Gasteiger partial charge in [0.25, 0.3) is 5.95 Å². The lowest BCUT2D eigenvalue weighted by molar-refractivity contribution is 0.248. The monoisotopic (exact) mass is 387 g/mol. The van der Waals surface area contributed by atoms with Crippen LogP contribution < -0.4 is 15.4 Å². The van der Waals surface area contributed by atoms with Gasteiger partial charge in [0.05, 0.1) is 23.9 Å². The third-order valence-electron chi connectivity index (χ3n) is 3.78. The van der Waals surface area contributed by atoms with Crippen LogP contribution in [0.1, 0.15) is 24.4 Å². The number of carbonyl (C=O) groups excluding carboxylic acids is 1. The van der Waals surface area contributed by atoms with Crippen LogP contribution in [0.25, 0.3) is 5.95 Å². The lowest BCUT2D eigenvalue weighted by Gasteiger charge is -2.16. The number of ether oxygens (including phenoxy) is 1. The number of aromatic nitrogens is 5. The lowest BCUT2D eigenvalue weighted by atomic mass is 10.2. The summed E-state index contributed by atoms with van der Waals surface area (Å²) in [5, 5.41) is 10.0. The van der Waals surface area contributed by atoms with Gasteiger partial charge in [0, 0.05) is 18.5 Å². The molecule has 0 saturated carbocycles. The largest absolute Gasteiger partial charge is 0.496 e. The fourth-order valence-electron chi connectivity index (χ4n) is 2.50. The molecule has 3 rings (SSSR count). The van der Waals surface area contributed by atoms with Gasteiger partial charge >= 0.3 is 6.03 Å². The van der Waals surface area contributed by atoms with Crippen molar-refractivity contribution in [1.29, 1.82) is 0 Å². The Kier molecular flexibility index (Phi) is 5.51. The molecule has 0 radical (unpaired) electrons. The van der Waals surface area contributed by atoms with E-state index in [1.807, 2.05) is 6.92 Å². The molecule has 0 bridgehead atoms. The van der Waals surface area contributed by atoms with E-state index < -0.39 is 12.1 Å². The van der Waals surface area contributed by atoms with E-state index in [0.29, 0.717) is 28.2 Å². The number of rotatable bonds is 5. The zero-order chi connectivity index (χ0) is 19.4. The van der Waals surface area contributed by atoms with Crippen molar-refractivity contribution in [3.8, 4) is 11.7 Å². The first-order chi connectivity index (χ1) is 13.0. The molecular weight excluding hydrogens is 370 g/mol. The smallest absolute Gasteiger partial charge is 0.319 e. The third kappa shape index (κ3) is 4.14. The number of anilines is 1. The van der Waals surface area contributed by atoms with Gasteiger partial charge in [-0.25, -0.2) is 19.7 Å². The molecule has 0 spiro atoms. The van der Waals surface area contributed by atoms with Crippen LogP contribution in [-0.4, -0.2) is 37.9 Å². The van der Waals surface area contributed by atoms with E-state index in [1.165, 1.54) is 11.0 Å². The molecule has 27 heavy (non-hydrogen) atoms. The Hall–Kier alpha value is -3.20. The van der Waals surface area contributed by atoms with Crippen molar-refractivity contribution >= 4 is 23.3 Å². The number of carbonyl (C=O) groups is 1. The Bertz CT molecular complexity index is 946. The molecule has 2 N–H and O–H groups in total. The van der Waals surface area contributed by atoms with Crippen LogP contribution in [-0.2, 0) is 0 Å². The minimum atomic E-state index is -0.450. The quantitative estimate of drug-likeness (QED) is 0.697. The van der Waals surface area contributed by atoms with Crippen LogP contribution in [0.2, 0.25) is 5.02 Å². The maximum absolute atomic E-state index is 12.4. The molecule has 3 aromatic rings. The fourth-order valence-corrected chi connectivity index (χ4v) is 2.70. The highest BCUT2D eigenvalue weighted by molar-refractivity contribution is 6.33. The first-order valence-corrected chi connectivity index (χ1v) is 8.46. The summed E-state index contributed by atoms with van der Waals surface area (Å²) in [5.74, 6) is 1.51. The van der Waals surface area contributed by atoms with Crippen LogP contribution >= 0.6 is 11.6 Å². The van der Waals surface area contributed by atoms with Crippen molar-refractivity contribution in [2.24, 2.45) is 0 Å². The van der Waals surface area contributed by atoms with Gasteiger partial charge in [0.15, 0.2) is 5.82 Å². The van der Waals surface area contributed by atoms with Gasteiger partial charge in [0.1, 0.15) is 12.1 Å². The maximum Gasteiger partial charge on any atom is 0.319 e. The number of amides is 2. The van der Waals surface area contributed by atoms with Crippen LogP contribution in [0, 0.1) is 6.92 Å². The van der Waals surface area contributed by atoms with Crippen molar-refractivity contribution in [2.75, 3.05) is 12.4 Å². The van der Waals surface area contributed by atoms with E-state index in [2.05, 4.69) is 30.7 Å². The molecule has 1 aromatic carbocycles. The van der Waals surface area contributed by atoms with Gasteiger partial charge in [-0.05, 0) is 31.5 Å². The van der Waals surface area contributed by atoms with Crippen LogP contribution in [0.15, 0.2) is 36.9 Å². The molecule has 9 nitrogen and oxygen atoms in total. The minimum absolute atomic E-state index is 0.368. The standard InChI is InChI=1S/C17H18ClN7O2/c1-10-7-13(12(18)8-14(10)27-3)24-17(26)23-11(2)15-21-9-22-25(15)16-19-5-4-6-20-16/h4-9,11H,1-3H3,(H2,23,24,26)/t11-/m0/s1. The van der Waals surface area contributed by atoms with E-state index >= 15 is 0 Å². The molecule has 2 amide bonds. The summed E-state index contributed by atoms with van der Waals surface area (Å²) in [5.41, 5.74) is 1.33. The molecule has 0 aliphatic heterocycles. The van der Waals surface area contributed by atoms with Crippen molar-refractivity contribution < 1.29 is 9.53 Å². The summed E-state index contributed by atoms with van der Waals surface area (Å²) in [6.07, 6.45) is 4.59. The predicted molar refractivity (Wildman–Crippen MR) is 100 cm³/mol. The second-order valence-electron chi connectivity index (χ2n) is 5.70. The van der Waals surface area contributed by atoms with Crippen molar-refractivity contribution in [2.45, 2.75) is 19.9 Å². The summed E-state index contributed by atoms with van der Waals surface area (Å²) in [6.45, 7) is 3.65. The second-order valence-corrected chi connectivity index (χ2v) is 6.11. The second kappa shape index (κ2) is 8.00. The average molecular weight is 388 g/mol. The summed E-state index contributed by atoms with van der Waals surface area (Å²) in [6, 6.07) is 4.22. The summed E-state index contributed by atoms with van der Waals surface area (Å²) in [4.78, 5) is 24.9. The SMILES string of the molecule is COc1cc(Cl)c(NC(=O)N[C@@H](C)c2ncnn2-c2ncccn2)cc1C. The van der Waals surface area contributed by atoms with Gasteiger partial charge < -0.3 is 15.4 Å². The minimum Gasteiger partial charge on any atom is -0.496 e. The highest BCUT2D eigenvalue weighted by atomic mass is 35.5. The summed E-state index contributed by atoms with van der Waals surface area (Å²) >= 11 is 6.20. The van der Waals surface area contributed by atoms with Gasteiger partial charge in [0.2, 0.25) is 0 Å². The average Bonchev–Trinajstić information content (AvgIpc) is 3.15. The Morgan fingerprint density at radius 2 is 2.00 bits per heavy atom. The number of urea groups is 1. The molecule has 140 valence electrons. The molecule has 2 heterocycles. The number of hydrogen-bond donors (Lipinski definition) is 2. The van der Waals surface area contributed by atoms with Crippen LogP contribution in [0.3, 0.4) is 0 Å². The molecule has 2 aromatic heterocycles. The van der Waals surface area contributed by atoms with Gasteiger partial charge in [-0.1, -0.05) is 11.6 Å². The molecular formula is C17H18ClN7O2. The summed E-state index contributed by atoms with van der Waals surface area (Å²) in [7, 11) is 1.56.